The van der Waals surface area contributed by atoms with Crippen LogP contribution in [0.2, 0.25) is 10.0 Å². The van der Waals surface area contributed by atoms with Crippen LogP contribution in [0.3, 0.4) is 0 Å². The number of nitrogens with zero attached hydrogens (tertiary/aromatic N) is 1. The van der Waals surface area contributed by atoms with Gasteiger partial charge >= 0.3 is 0 Å². The first-order valence-electron chi connectivity index (χ1n) is 5.37. The molecule has 0 N–H and O–H groups in total. The maximum atomic E-state index is 10.4. The van der Waals surface area contributed by atoms with Gasteiger partial charge in [-0.2, -0.15) is 5.26 Å². The average Bonchev–Trinajstić information content (AvgIpc) is 2.29. The molecule has 6 heteroatoms. The molecule has 0 saturated heterocycles. The van der Waals surface area contributed by atoms with Crippen LogP contribution < -0.4 is 0 Å². The summed E-state index contributed by atoms with van der Waals surface area (Å²) >= 11 is 11.4. The van der Waals surface area contributed by atoms with Gasteiger partial charge in [0.15, 0.2) is 0 Å². The van der Waals surface area contributed by atoms with Crippen molar-refractivity contribution in [1.29, 1.82) is 5.26 Å². The predicted octanol–water partition coefficient (Wildman–Crippen LogP) is 3.50. The van der Waals surface area contributed by atoms with Crippen molar-refractivity contribution in [3.05, 3.63) is 33.8 Å². The van der Waals surface area contributed by atoms with E-state index in [1.165, 1.54) is 0 Å². The molecule has 0 aliphatic carbocycles. The second-order valence-electron chi connectivity index (χ2n) is 3.43. The van der Waals surface area contributed by atoms with Crippen molar-refractivity contribution in [1.82, 2.24) is 0 Å². The summed E-state index contributed by atoms with van der Waals surface area (Å²) in [5, 5.41) is 9.51. The second-order valence-corrected chi connectivity index (χ2v) is 6.95. The van der Waals surface area contributed by atoms with E-state index in [1.54, 1.807) is 32.0 Å². The lowest BCUT2D eigenvalue weighted by atomic mass is 10.2. The molecular weight excluding hydrogens is 293 g/mol. The maximum Gasteiger partial charge on any atom is 0.149 e. The fourth-order valence-corrected chi connectivity index (χ4v) is 1.99. The van der Waals surface area contributed by atoms with E-state index >= 15 is 0 Å². The van der Waals surface area contributed by atoms with Gasteiger partial charge in [-0.1, -0.05) is 37.0 Å². The number of rotatable bonds is 3. The Morgan fingerprint density at radius 3 is 1.83 bits per heavy atom. The van der Waals surface area contributed by atoms with Gasteiger partial charge in [-0.05, 0) is 23.8 Å². The maximum absolute atomic E-state index is 10.4. The topological polar surface area (TPSA) is 57.9 Å². The Morgan fingerprint density at radius 1 is 1.11 bits per heavy atom. The largest absolute Gasteiger partial charge is 0.229 e. The van der Waals surface area contributed by atoms with Gasteiger partial charge in [-0.15, -0.1) is 0 Å². The second kappa shape index (κ2) is 8.36. The fraction of sp³-hybridized carbons (Fsp3) is 0.417. The normalized spacial score (nSPS) is 10.2. The van der Waals surface area contributed by atoms with Crippen molar-refractivity contribution < 1.29 is 8.42 Å². The van der Waals surface area contributed by atoms with Crippen molar-refractivity contribution in [2.24, 2.45) is 0 Å². The molecule has 0 spiro atoms. The first-order valence-corrected chi connectivity index (χ1v) is 7.94. The molecule has 0 saturated carbocycles. The lowest BCUT2D eigenvalue weighted by Crippen LogP contribution is -2.04. The third-order valence-electron chi connectivity index (χ3n) is 2.09. The zero-order valence-corrected chi connectivity index (χ0v) is 12.6. The van der Waals surface area contributed by atoms with E-state index in [1.807, 2.05) is 6.07 Å². The molecule has 3 nitrogen and oxygen atoms in total. The molecule has 0 atom stereocenters. The summed E-state index contributed by atoms with van der Waals surface area (Å²) in [5.41, 5.74) is 0.852. The van der Waals surface area contributed by atoms with Gasteiger partial charge in [0.1, 0.15) is 9.84 Å². The van der Waals surface area contributed by atoms with E-state index in [9.17, 15) is 8.42 Å². The van der Waals surface area contributed by atoms with Crippen molar-refractivity contribution in [3.8, 4) is 6.07 Å². The van der Waals surface area contributed by atoms with E-state index in [-0.39, 0.29) is 11.5 Å². The minimum absolute atomic E-state index is 0.267. The van der Waals surface area contributed by atoms with Crippen molar-refractivity contribution in [3.63, 3.8) is 0 Å². The molecule has 1 aromatic rings. The zero-order chi connectivity index (χ0) is 14.2. The van der Waals surface area contributed by atoms with Crippen LogP contribution in [-0.2, 0) is 16.3 Å². The predicted molar refractivity (Wildman–Crippen MR) is 75.8 cm³/mol. The zero-order valence-electron chi connectivity index (χ0n) is 10.3. The Morgan fingerprint density at radius 2 is 1.56 bits per heavy atom. The van der Waals surface area contributed by atoms with Crippen LogP contribution in [0.5, 0.6) is 0 Å². The first-order chi connectivity index (χ1) is 8.34. The number of hydrogen-bond donors (Lipinski definition) is 0. The number of halogens is 2. The Balaban J connectivity index is 0.000000360. The number of benzene rings is 1. The third-order valence-corrected chi connectivity index (χ3v) is 4.28. The van der Waals surface area contributed by atoms with Gasteiger partial charge in [0.25, 0.3) is 0 Å². The molecule has 18 heavy (non-hydrogen) atoms. The smallest absolute Gasteiger partial charge is 0.149 e. The number of sulfone groups is 1. The Kier molecular flexibility index (Phi) is 8.01. The third kappa shape index (κ3) is 7.54. The SMILES string of the molecule is CCS(=O)(=O)CC.N#CCc1cc(Cl)cc(Cl)c1. The van der Waals surface area contributed by atoms with Gasteiger partial charge in [0.05, 0.1) is 12.5 Å². The summed E-state index contributed by atoms with van der Waals surface area (Å²) in [6.45, 7) is 3.30. The Labute approximate surface area is 118 Å². The highest BCUT2D eigenvalue weighted by molar-refractivity contribution is 7.91. The lowest BCUT2D eigenvalue weighted by molar-refractivity contribution is 0.598. The standard InChI is InChI=1S/C8H5Cl2N.C4H10O2S/c9-7-3-6(1-2-11)4-8(10)5-7;1-3-7(5,6)4-2/h3-5H,1H2;3-4H2,1-2H3. The molecule has 0 aromatic heterocycles. The quantitative estimate of drug-likeness (QED) is 0.858. The first kappa shape index (κ1) is 17.2. The van der Waals surface area contributed by atoms with Gasteiger partial charge in [-0.25, -0.2) is 8.42 Å². The molecule has 1 rings (SSSR count). The summed E-state index contributed by atoms with van der Waals surface area (Å²) in [7, 11) is -2.66. The minimum atomic E-state index is -2.66. The molecule has 0 aliphatic rings. The molecule has 0 fully saturated rings. The van der Waals surface area contributed by atoms with Gasteiger partial charge in [-0.3, -0.25) is 0 Å². The Bertz CT molecular complexity index is 491. The van der Waals surface area contributed by atoms with Crippen LogP contribution in [0.4, 0.5) is 0 Å². The van der Waals surface area contributed by atoms with Crippen LogP contribution in [0.25, 0.3) is 0 Å². The molecule has 0 radical (unpaired) electrons. The minimum Gasteiger partial charge on any atom is -0.229 e. The van der Waals surface area contributed by atoms with Crippen molar-refractivity contribution in [2.75, 3.05) is 11.5 Å². The van der Waals surface area contributed by atoms with Crippen LogP contribution in [0.1, 0.15) is 19.4 Å². The molecule has 0 amide bonds. The molecule has 0 bridgehead atoms. The highest BCUT2D eigenvalue weighted by Gasteiger charge is 1.99. The van der Waals surface area contributed by atoms with E-state index in [4.69, 9.17) is 28.5 Å². The summed E-state index contributed by atoms with van der Waals surface area (Å²) in [5.74, 6) is 0.535. The van der Waals surface area contributed by atoms with E-state index in [2.05, 4.69) is 0 Å². The van der Waals surface area contributed by atoms with Crippen LogP contribution >= 0.6 is 23.2 Å². The molecule has 0 heterocycles. The molecule has 0 unspecified atom stereocenters. The molecule has 1 aromatic carbocycles. The highest BCUT2D eigenvalue weighted by atomic mass is 35.5. The molecular formula is C12H15Cl2NO2S. The Hall–Kier alpha value is -0.760. The van der Waals surface area contributed by atoms with E-state index in [0.717, 1.165) is 5.56 Å². The van der Waals surface area contributed by atoms with E-state index < -0.39 is 9.84 Å². The van der Waals surface area contributed by atoms with Gasteiger partial charge < -0.3 is 0 Å². The fourth-order valence-electron chi connectivity index (χ4n) is 1.01. The van der Waals surface area contributed by atoms with Crippen molar-refractivity contribution in [2.45, 2.75) is 20.3 Å². The van der Waals surface area contributed by atoms with Crippen LogP contribution in [0, 0.1) is 11.3 Å². The van der Waals surface area contributed by atoms with Crippen LogP contribution in [-0.4, -0.2) is 19.9 Å². The molecule has 100 valence electrons. The average molecular weight is 308 g/mol. The summed E-state index contributed by atoms with van der Waals surface area (Å²) < 4.78 is 20.7. The number of nitriles is 1. The van der Waals surface area contributed by atoms with Crippen LogP contribution in [0.15, 0.2) is 18.2 Å². The van der Waals surface area contributed by atoms with Gasteiger partial charge in [0, 0.05) is 21.6 Å². The lowest BCUT2D eigenvalue weighted by Gasteiger charge is -1.96. The highest BCUT2D eigenvalue weighted by Crippen LogP contribution is 2.18. The monoisotopic (exact) mass is 307 g/mol. The number of hydrogen-bond acceptors (Lipinski definition) is 3. The van der Waals surface area contributed by atoms with Crippen molar-refractivity contribution >= 4 is 33.0 Å². The molecule has 0 aliphatic heterocycles. The van der Waals surface area contributed by atoms with E-state index in [0.29, 0.717) is 16.5 Å². The summed E-state index contributed by atoms with van der Waals surface area (Å²) in [4.78, 5) is 0. The van der Waals surface area contributed by atoms with Gasteiger partial charge in [0.2, 0.25) is 0 Å². The summed E-state index contributed by atoms with van der Waals surface area (Å²) in [6.07, 6.45) is 0.347. The summed E-state index contributed by atoms with van der Waals surface area (Å²) in [6, 6.07) is 7.13.